The average molecular weight is 278 g/mol. The van der Waals surface area contributed by atoms with E-state index in [1.165, 1.54) is 11.4 Å². The van der Waals surface area contributed by atoms with E-state index >= 15 is 0 Å². The molecule has 2 unspecified atom stereocenters. The van der Waals surface area contributed by atoms with E-state index in [-0.39, 0.29) is 24.1 Å². The van der Waals surface area contributed by atoms with Crippen molar-refractivity contribution in [2.24, 2.45) is 11.7 Å². The maximum absolute atomic E-state index is 12.0. The van der Waals surface area contributed by atoms with Gasteiger partial charge in [0.2, 0.25) is 10.0 Å². The summed E-state index contributed by atoms with van der Waals surface area (Å²) in [5, 5.41) is 8.56. The highest BCUT2D eigenvalue weighted by molar-refractivity contribution is 7.89. The molecule has 3 N–H and O–H groups in total. The van der Waals surface area contributed by atoms with Gasteiger partial charge in [-0.2, -0.15) is 0 Å². The van der Waals surface area contributed by atoms with Crippen LogP contribution in [0.25, 0.3) is 0 Å². The van der Waals surface area contributed by atoms with Gasteiger partial charge in [0.25, 0.3) is 0 Å². The van der Waals surface area contributed by atoms with Crippen molar-refractivity contribution in [3.05, 3.63) is 0 Å². The Balaban J connectivity index is 2.71. The molecule has 1 saturated carbocycles. The van der Waals surface area contributed by atoms with Crippen LogP contribution in [0.5, 0.6) is 0 Å². The summed E-state index contributed by atoms with van der Waals surface area (Å²) in [6.07, 6.45) is 3.48. The predicted octanol–water partition coefficient (Wildman–Crippen LogP) is 0.240. The van der Waals surface area contributed by atoms with Crippen LogP contribution in [0.15, 0.2) is 0 Å². The summed E-state index contributed by atoms with van der Waals surface area (Å²) in [5.41, 5.74) is 5.68. The Morgan fingerprint density at radius 1 is 1.39 bits per heavy atom. The minimum atomic E-state index is -3.50. The Morgan fingerprint density at radius 3 is 2.56 bits per heavy atom. The summed E-state index contributed by atoms with van der Waals surface area (Å²) in [6, 6.07) is -0.0810. The fourth-order valence-corrected chi connectivity index (χ4v) is 3.92. The first-order valence-electron chi connectivity index (χ1n) is 6.26. The zero-order valence-electron chi connectivity index (χ0n) is 10.7. The maximum atomic E-state index is 12.0. The molecule has 0 aromatic rings. The van der Waals surface area contributed by atoms with Crippen molar-refractivity contribution in [1.29, 1.82) is 0 Å². The largest absolute Gasteiger partial charge is 0.481 e. The highest BCUT2D eigenvalue weighted by Gasteiger charge is 2.33. The Hall–Kier alpha value is -0.660. The number of hydrogen-bond donors (Lipinski definition) is 2. The fraction of sp³-hybridized carbons (Fsp3) is 0.909. The van der Waals surface area contributed by atoms with Crippen LogP contribution >= 0.6 is 0 Å². The molecule has 18 heavy (non-hydrogen) atoms. The van der Waals surface area contributed by atoms with Crippen molar-refractivity contribution < 1.29 is 18.3 Å². The molecule has 0 spiro atoms. The average Bonchev–Trinajstić information content (AvgIpc) is 2.35. The molecular formula is C11H22N2O4S. The van der Waals surface area contributed by atoms with E-state index in [0.29, 0.717) is 6.54 Å². The van der Waals surface area contributed by atoms with E-state index in [4.69, 9.17) is 10.8 Å². The third kappa shape index (κ3) is 3.93. The molecular weight excluding hydrogens is 256 g/mol. The van der Waals surface area contributed by atoms with Crippen molar-refractivity contribution in [1.82, 2.24) is 4.31 Å². The first-order chi connectivity index (χ1) is 8.38. The Morgan fingerprint density at radius 2 is 2.00 bits per heavy atom. The van der Waals surface area contributed by atoms with E-state index in [1.54, 1.807) is 0 Å². The standard InChI is InChI=1S/C11H22N2O4S/c1-13(18(16,17)7-6-11(14)15)10-5-3-2-4-9(10)8-12/h9-10H,2-8,12H2,1H3,(H,14,15). The van der Waals surface area contributed by atoms with Gasteiger partial charge in [-0.1, -0.05) is 12.8 Å². The zero-order chi connectivity index (χ0) is 13.8. The van der Waals surface area contributed by atoms with Gasteiger partial charge in [0.05, 0.1) is 12.2 Å². The van der Waals surface area contributed by atoms with E-state index < -0.39 is 16.0 Å². The number of rotatable bonds is 6. The van der Waals surface area contributed by atoms with Gasteiger partial charge in [0.1, 0.15) is 0 Å². The Labute approximate surface area is 108 Å². The highest BCUT2D eigenvalue weighted by atomic mass is 32.2. The number of carbonyl (C=O) groups is 1. The van der Waals surface area contributed by atoms with Gasteiger partial charge in [0, 0.05) is 13.1 Å². The molecule has 1 fully saturated rings. The SMILES string of the molecule is CN(C1CCCCC1CN)S(=O)(=O)CCC(=O)O. The number of nitrogens with two attached hydrogens (primary N) is 1. The van der Waals surface area contributed by atoms with Crippen molar-refractivity contribution in [2.45, 2.75) is 38.1 Å². The lowest BCUT2D eigenvalue weighted by molar-refractivity contribution is -0.136. The van der Waals surface area contributed by atoms with Crippen LogP contribution in [-0.4, -0.2) is 49.2 Å². The summed E-state index contributed by atoms with van der Waals surface area (Å²) < 4.78 is 25.4. The molecule has 0 radical (unpaired) electrons. The Bertz CT molecular complexity index is 383. The minimum Gasteiger partial charge on any atom is -0.481 e. The number of sulfonamides is 1. The zero-order valence-corrected chi connectivity index (χ0v) is 11.5. The van der Waals surface area contributed by atoms with Crippen LogP contribution in [-0.2, 0) is 14.8 Å². The molecule has 0 heterocycles. The number of carboxylic acids is 1. The first-order valence-corrected chi connectivity index (χ1v) is 7.87. The lowest BCUT2D eigenvalue weighted by Crippen LogP contribution is -2.46. The van der Waals surface area contributed by atoms with Crippen LogP contribution in [0.2, 0.25) is 0 Å². The molecule has 7 heteroatoms. The van der Waals surface area contributed by atoms with E-state index in [2.05, 4.69) is 0 Å². The smallest absolute Gasteiger partial charge is 0.304 e. The van der Waals surface area contributed by atoms with Gasteiger partial charge >= 0.3 is 5.97 Å². The molecule has 1 aliphatic carbocycles. The predicted molar refractivity (Wildman–Crippen MR) is 68.6 cm³/mol. The van der Waals surface area contributed by atoms with Gasteiger partial charge in [-0.3, -0.25) is 4.79 Å². The molecule has 1 rings (SSSR count). The summed E-state index contributed by atoms with van der Waals surface area (Å²) >= 11 is 0. The van der Waals surface area contributed by atoms with Crippen LogP contribution in [0.4, 0.5) is 0 Å². The topological polar surface area (TPSA) is 101 Å². The number of carboxylic acid groups (broad SMARTS) is 1. The first kappa shape index (κ1) is 15.4. The second kappa shape index (κ2) is 6.49. The summed E-state index contributed by atoms with van der Waals surface area (Å²) in [4.78, 5) is 10.5. The molecule has 0 aliphatic heterocycles. The van der Waals surface area contributed by atoms with Crippen molar-refractivity contribution >= 4 is 16.0 Å². The number of aliphatic carboxylic acids is 1. The second-order valence-electron chi connectivity index (χ2n) is 4.82. The lowest BCUT2D eigenvalue weighted by atomic mass is 9.85. The van der Waals surface area contributed by atoms with Gasteiger partial charge in [-0.15, -0.1) is 0 Å². The van der Waals surface area contributed by atoms with Gasteiger partial charge in [0.15, 0.2) is 0 Å². The van der Waals surface area contributed by atoms with Gasteiger partial charge < -0.3 is 10.8 Å². The molecule has 0 aromatic carbocycles. The number of hydrogen-bond acceptors (Lipinski definition) is 4. The molecule has 0 aromatic heterocycles. The second-order valence-corrected chi connectivity index (χ2v) is 6.97. The number of nitrogens with zero attached hydrogens (tertiary/aromatic N) is 1. The highest BCUT2D eigenvalue weighted by Crippen LogP contribution is 2.28. The summed E-state index contributed by atoms with van der Waals surface area (Å²) in [7, 11) is -1.96. The van der Waals surface area contributed by atoms with E-state index in [9.17, 15) is 13.2 Å². The van der Waals surface area contributed by atoms with E-state index in [0.717, 1.165) is 25.7 Å². The van der Waals surface area contributed by atoms with E-state index in [1.807, 2.05) is 0 Å². The molecule has 2 atom stereocenters. The summed E-state index contributed by atoms with van der Waals surface area (Å²) in [5.74, 6) is -1.25. The van der Waals surface area contributed by atoms with Crippen molar-refractivity contribution in [2.75, 3.05) is 19.3 Å². The molecule has 6 nitrogen and oxygen atoms in total. The maximum Gasteiger partial charge on any atom is 0.304 e. The molecule has 0 bridgehead atoms. The lowest BCUT2D eigenvalue weighted by Gasteiger charge is -2.36. The van der Waals surface area contributed by atoms with Crippen LogP contribution in [0.3, 0.4) is 0 Å². The van der Waals surface area contributed by atoms with Crippen LogP contribution < -0.4 is 5.73 Å². The third-order valence-electron chi connectivity index (χ3n) is 3.65. The molecule has 0 saturated heterocycles. The van der Waals surface area contributed by atoms with Crippen molar-refractivity contribution in [3.8, 4) is 0 Å². The quantitative estimate of drug-likeness (QED) is 0.725. The van der Waals surface area contributed by atoms with Crippen LogP contribution in [0.1, 0.15) is 32.1 Å². The Kier molecular flexibility index (Phi) is 5.55. The van der Waals surface area contributed by atoms with Gasteiger partial charge in [-0.05, 0) is 25.3 Å². The summed E-state index contributed by atoms with van der Waals surface area (Å²) in [6.45, 7) is 0.476. The van der Waals surface area contributed by atoms with Crippen molar-refractivity contribution in [3.63, 3.8) is 0 Å². The fourth-order valence-electron chi connectivity index (χ4n) is 2.51. The monoisotopic (exact) mass is 278 g/mol. The van der Waals surface area contributed by atoms with Gasteiger partial charge in [-0.25, -0.2) is 12.7 Å². The minimum absolute atomic E-state index is 0.0810. The molecule has 1 aliphatic rings. The molecule has 0 amide bonds. The molecule has 106 valence electrons. The third-order valence-corrected chi connectivity index (χ3v) is 5.52. The normalized spacial score (nSPS) is 25.3. The van der Waals surface area contributed by atoms with Crippen LogP contribution in [0, 0.1) is 5.92 Å².